The van der Waals surface area contributed by atoms with E-state index < -0.39 is 0 Å². The minimum Gasteiger partial charge on any atom is -0.381 e. The fourth-order valence-corrected chi connectivity index (χ4v) is 3.55. The minimum atomic E-state index is -0.0868. The summed E-state index contributed by atoms with van der Waals surface area (Å²) < 4.78 is 16.6. The highest BCUT2D eigenvalue weighted by atomic mass is 16.5. The van der Waals surface area contributed by atoms with Crippen molar-refractivity contribution < 1.29 is 18.8 Å². The van der Waals surface area contributed by atoms with Crippen molar-refractivity contribution in [3.63, 3.8) is 0 Å². The van der Waals surface area contributed by atoms with Crippen molar-refractivity contribution in [3.8, 4) is 0 Å². The maximum absolute atomic E-state index is 12.3. The number of fused-ring (bicyclic) bond motifs is 1. The van der Waals surface area contributed by atoms with Gasteiger partial charge in [0.1, 0.15) is 12.3 Å². The van der Waals surface area contributed by atoms with Gasteiger partial charge in [-0.1, -0.05) is 41.6 Å². The van der Waals surface area contributed by atoms with Crippen molar-refractivity contribution in [1.82, 2.24) is 5.16 Å². The summed E-state index contributed by atoms with van der Waals surface area (Å²) in [6.07, 6.45) is 2.28. The molecule has 2 atom stereocenters. The summed E-state index contributed by atoms with van der Waals surface area (Å²) in [5.74, 6) is 1.08. The molecule has 146 valence electrons. The Bertz CT molecular complexity index is 942. The molecule has 2 heterocycles. The average molecular weight is 379 g/mol. The molecule has 1 aliphatic rings. The van der Waals surface area contributed by atoms with Gasteiger partial charge in [-0.05, 0) is 48.1 Å². The Morgan fingerprint density at radius 3 is 2.89 bits per heavy atom. The van der Waals surface area contributed by atoms with Crippen LogP contribution in [0.15, 0.2) is 53.1 Å². The standard InChI is InChI=1S/C23H25NO4/c1-16(19-8-7-18-4-2-3-5-20(18)12-19)27-15-21-13-22(24-28-21)23(25)9-6-17-10-11-26-14-17/h2-5,7-8,12-13,16-17H,6,9-11,14-15H2,1H3. The number of benzene rings is 2. The van der Waals surface area contributed by atoms with Crippen molar-refractivity contribution >= 4 is 16.6 Å². The molecule has 0 bridgehead atoms. The van der Waals surface area contributed by atoms with E-state index in [1.165, 1.54) is 10.8 Å². The Morgan fingerprint density at radius 2 is 2.07 bits per heavy atom. The van der Waals surface area contributed by atoms with E-state index in [2.05, 4.69) is 35.5 Å². The molecule has 1 fully saturated rings. The summed E-state index contributed by atoms with van der Waals surface area (Å²) in [4.78, 5) is 12.3. The molecule has 0 N–H and O–H groups in total. The average Bonchev–Trinajstić information content (AvgIpc) is 3.42. The summed E-state index contributed by atoms with van der Waals surface area (Å²) >= 11 is 0. The quantitative estimate of drug-likeness (QED) is 0.509. The highest BCUT2D eigenvalue weighted by Crippen LogP contribution is 2.24. The first kappa shape index (κ1) is 18.8. The van der Waals surface area contributed by atoms with Gasteiger partial charge in [0.05, 0.1) is 6.10 Å². The van der Waals surface area contributed by atoms with E-state index in [9.17, 15) is 4.79 Å². The summed E-state index contributed by atoms with van der Waals surface area (Å²) in [5.41, 5.74) is 1.49. The Hall–Kier alpha value is -2.50. The first-order chi connectivity index (χ1) is 13.7. The minimum absolute atomic E-state index is 0.0180. The molecule has 2 unspecified atom stereocenters. The molecule has 0 aliphatic carbocycles. The number of nitrogens with zero attached hydrogens (tertiary/aromatic N) is 1. The molecule has 0 spiro atoms. The highest BCUT2D eigenvalue weighted by molar-refractivity contribution is 5.94. The number of Topliss-reactive ketones (excluding diaryl/α,β-unsaturated/α-hetero) is 1. The number of ether oxygens (including phenoxy) is 2. The Kier molecular flexibility index (Phi) is 5.84. The van der Waals surface area contributed by atoms with Crippen LogP contribution in [0.1, 0.15) is 54.1 Å². The van der Waals surface area contributed by atoms with Gasteiger partial charge < -0.3 is 14.0 Å². The van der Waals surface area contributed by atoms with E-state index in [1.54, 1.807) is 6.07 Å². The second kappa shape index (κ2) is 8.67. The van der Waals surface area contributed by atoms with E-state index in [0.29, 0.717) is 23.8 Å². The molecule has 0 saturated carbocycles. The summed E-state index contributed by atoms with van der Waals surface area (Å²) in [6, 6.07) is 16.3. The Morgan fingerprint density at radius 1 is 1.21 bits per heavy atom. The van der Waals surface area contributed by atoms with Gasteiger partial charge in [-0.15, -0.1) is 0 Å². The van der Waals surface area contributed by atoms with E-state index in [1.807, 2.05) is 19.1 Å². The van der Waals surface area contributed by atoms with Crippen LogP contribution < -0.4 is 0 Å². The molecule has 0 amide bonds. The Labute approximate surface area is 164 Å². The lowest BCUT2D eigenvalue weighted by atomic mass is 10.00. The zero-order valence-electron chi connectivity index (χ0n) is 16.1. The van der Waals surface area contributed by atoms with Crippen LogP contribution in [0.2, 0.25) is 0 Å². The van der Waals surface area contributed by atoms with Crippen LogP contribution in [0.3, 0.4) is 0 Å². The molecule has 0 radical (unpaired) electrons. The lowest BCUT2D eigenvalue weighted by Crippen LogP contribution is -2.05. The number of carbonyl (C=O) groups excluding carboxylic acids is 1. The maximum atomic E-state index is 12.3. The molecular formula is C23H25NO4. The van der Waals surface area contributed by atoms with Crippen molar-refractivity contribution in [2.75, 3.05) is 13.2 Å². The molecule has 28 heavy (non-hydrogen) atoms. The van der Waals surface area contributed by atoms with Crippen LogP contribution in [0, 0.1) is 5.92 Å². The van der Waals surface area contributed by atoms with Crippen molar-refractivity contribution in [2.45, 2.75) is 38.9 Å². The smallest absolute Gasteiger partial charge is 0.184 e. The molecule has 1 saturated heterocycles. The van der Waals surface area contributed by atoms with Crippen LogP contribution in [0.4, 0.5) is 0 Å². The van der Waals surface area contributed by atoms with E-state index in [4.69, 9.17) is 14.0 Å². The molecular weight excluding hydrogens is 354 g/mol. The Balaban J connectivity index is 1.31. The van der Waals surface area contributed by atoms with Gasteiger partial charge in [0.2, 0.25) is 0 Å². The largest absolute Gasteiger partial charge is 0.381 e. The predicted octanol–water partition coefficient (Wildman–Crippen LogP) is 5.11. The molecule has 5 nitrogen and oxygen atoms in total. The number of aromatic nitrogens is 1. The lowest BCUT2D eigenvalue weighted by Gasteiger charge is -2.13. The lowest BCUT2D eigenvalue weighted by molar-refractivity contribution is 0.0390. The second-order valence-electron chi connectivity index (χ2n) is 7.43. The number of ketones is 1. The van der Waals surface area contributed by atoms with E-state index in [0.717, 1.165) is 31.6 Å². The summed E-state index contributed by atoms with van der Waals surface area (Å²) in [6.45, 7) is 3.86. The molecule has 2 aromatic carbocycles. The molecule has 3 aromatic rings. The van der Waals surface area contributed by atoms with Crippen molar-refractivity contribution in [3.05, 3.63) is 65.5 Å². The van der Waals surface area contributed by atoms with Gasteiger partial charge in [-0.25, -0.2) is 0 Å². The molecule has 4 rings (SSSR count). The van der Waals surface area contributed by atoms with Crippen molar-refractivity contribution in [1.29, 1.82) is 0 Å². The maximum Gasteiger partial charge on any atom is 0.184 e. The third kappa shape index (κ3) is 4.49. The molecule has 5 heteroatoms. The zero-order chi connectivity index (χ0) is 19.3. The highest BCUT2D eigenvalue weighted by Gasteiger charge is 2.19. The first-order valence-electron chi connectivity index (χ1n) is 9.86. The molecule has 1 aliphatic heterocycles. The van der Waals surface area contributed by atoms with Crippen molar-refractivity contribution in [2.24, 2.45) is 5.92 Å². The first-order valence-corrected chi connectivity index (χ1v) is 9.86. The predicted molar refractivity (Wildman–Crippen MR) is 106 cm³/mol. The number of rotatable bonds is 8. The van der Waals surface area contributed by atoms with Gasteiger partial charge in [-0.2, -0.15) is 0 Å². The topological polar surface area (TPSA) is 61.6 Å². The number of hydrogen-bond donors (Lipinski definition) is 0. The number of hydrogen-bond acceptors (Lipinski definition) is 5. The van der Waals surface area contributed by atoms with Crippen LogP contribution in [0.25, 0.3) is 10.8 Å². The molecule has 1 aromatic heterocycles. The number of carbonyl (C=O) groups is 1. The fraction of sp³-hybridized carbons (Fsp3) is 0.391. The van der Waals surface area contributed by atoms with Crippen LogP contribution in [-0.2, 0) is 16.1 Å². The van der Waals surface area contributed by atoms with Crippen LogP contribution in [0.5, 0.6) is 0 Å². The SMILES string of the molecule is CC(OCc1cc(C(=O)CCC2CCOC2)no1)c1ccc2ccccc2c1. The van der Waals surface area contributed by atoms with E-state index >= 15 is 0 Å². The fourth-order valence-electron chi connectivity index (χ4n) is 3.55. The third-order valence-corrected chi connectivity index (χ3v) is 5.37. The third-order valence-electron chi connectivity index (χ3n) is 5.37. The van der Waals surface area contributed by atoms with Gasteiger partial charge in [0.15, 0.2) is 11.5 Å². The normalized spacial score (nSPS) is 17.8. The monoisotopic (exact) mass is 379 g/mol. The van der Waals surface area contributed by atoms with Crippen LogP contribution >= 0.6 is 0 Å². The van der Waals surface area contributed by atoms with Crippen LogP contribution in [-0.4, -0.2) is 24.2 Å². The second-order valence-corrected chi connectivity index (χ2v) is 7.43. The van der Waals surface area contributed by atoms with Gasteiger partial charge in [0, 0.05) is 25.7 Å². The van der Waals surface area contributed by atoms with Gasteiger partial charge in [-0.3, -0.25) is 4.79 Å². The van der Waals surface area contributed by atoms with Gasteiger partial charge >= 0.3 is 0 Å². The van der Waals surface area contributed by atoms with Gasteiger partial charge in [0.25, 0.3) is 0 Å². The summed E-state index contributed by atoms with van der Waals surface area (Å²) in [7, 11) is 0. The summed E-state index contributed by atoms with van der Waals surface area (Å²) in [5, 5.41) is 6.32. The zero-order valence-corrected chi connectivity index (χ0v) is 16.1. The van der Waals surface area contributed by atoms with E-state index in [-0.39, 0.29) is 18.5 Å².